The van der Waals surface area contributed by atoms with Crippen molar-refractivity contribution >= 4 is 34.5 Å². The third kappa shape index (κ3) is 6.55. The monoisotopic (exact) mass is 541 g/mol. The Morgan fingerprint density at radius 2 is 1.89 bits per heavy atom. The van der Waals surface area contributed by atoms with Crippen LogP contribution in [0, 0.1) is 6.92 Å². The molecule has 0 unspecified atom stereocenters. The Bertz CT molecular complexity index is 1270. The van der Waals surface area contributed by atoms with Crippen molar-refractivity contribution in [1.29, 1.82) is 0 Å². The van der Waals surface area contributed by atoms with Gasteiger partial charge in [-0.15, -0.1) is 22.7 Å². The van der Waals surface area contributed by atoms with E-state index in [0.29, 0.717) is 28.8 Å². The van der Waals surface area contributed by atoms with Crippen LogP contribution in [0.2, 0.25) is 0 Å². The molecule has 0 bridgehead atoms. The van der Waals surface area contributed by atoms with Gasteiger partial charge in [-0.25, -0.2) is 9.97 Å². The molecule has 198 valence electrons. The van der Waals surface area contributed by atoms with Gasteiger partial charge in [0.05, 0.1) is 27.4 Å². The lowest BCUT2D eigenvalue weighted by Crippen LogP contribution is -2.37. The molecule has 0 saturated carbocycles. The average molecular weight is 542 g/mol. The summed E-state index contributed by atoms with van der Waals surface area (Å²) in [5, 5.41) is 3.39. The number of aryl methyl sites for hydroxylation is 1. The first-order valence-electron chi connectivity index (χ1n) is 12.7. The number of ether oxygens (including phenoxy) is 1. The highest BCUT2D eigenvalue weighted by atomic mass is 32.1. The molecule has 1 aliphatic heterocycles. The average Bonchev–Trinajstić information content (AvgIpc) is 3.37. The van der Waals surface area contributed by atoms with Gasteiger partial charge in [0.15, 0.2) is 5.01 Å². The Morgan fingerprint density at radius 3 is 2.59 bits per heavy atom. The number of nitrogens with zero attached hydrogens (tertiary/aromatic N) is 4. The Kier molecular flexibility index (Phi) is 8.61. The number of thiazole rings is 2. The standard InChI is InChI=1S/C27H35N5O3S2/c1-16(2)31-9-6-10-32(12-11-31)27(34)26-29-18(5)24(37-26)21-15-36-23(30-21)14-20-13-19(25(28)33)7-8-22(20)35-17(3)4/h7-8,13,15-17H,6,9-12,14H2,1-5H3,(H2,28,33). The minimum atomic E-state index is -0.476. The molecule has 0 radical (unpaired) electrons. The van der Waals surface area contributed by atoms with E-state index in [-0.39, 0.29) is 12.0 Å². The number of hydrogen-bond acceptors (Lipinski definition) is 8. The number of benzene rings is 1. The highest BCUT2D eigenvalue weighted by Gasteiger charge is 2.25. The molecular weight excluding hydrogens is 506 g/mol. The van der Waals surface area contributed by atoms with Gasteiger partial charge in [-0.2, -0.15) is 0 Å². The van der Waals surface area contributed by atoms with Crippen LogP contribution in [0.1, 0.15) is 70.5 Å². The van der Waals surface area contributed by atoms with Crippen LogP contribution in [0.5, 0.6) is 5.75 Å². The largest absolute Gasteiger partial charge is 0.491 e. The van der Waals surface area contributed by atoms with E-state index in [2.05, 4.69) is 23.7 Å². The maximum atomic E-state index is 13.3. The van der Waals surface area contributed by atoms with Gasteiger partial charge < -0.3 is 15.4 Å². The Labute approximate surface area is 226 Å². The van der Waals surface area contributed by atoms with Crippen molar-refractivity contribution in [2.75, 3.05) is 26.2 Å². The number of rotatable bonds is 8. The smallest absolute Gasteiger partial charge is 0.282 e. The summed E-state index contributed by atoms with van der Waals surface area (Å²) in [6.07, 6.45) is 1.48. The van der Waals surface area contributed by atoms with Crippen molar-refractivity contribution in [2.24, 2.45) is 5.73 Å². The molecule has 0 aliphatic carbocycles. The van der Waals surface area contributed by atoms with Crippen LogP contribution >= 0.6 is 22.7 Å². The molecule has 37 heavy (non-hydrogen) atoms. The van der Waals surface area contributed by atoms with Crippen LogP contribution in [0.15, 0.2) is 23.6 Å². The van der Waals surface area contributed by atoms with Crippen LogP contribution in [-0.4, -0.2) is 69.9 Å². The summed E-state index contributed by atoms with van der Waals surface area (Å²) >= 11 is 2.94. The highest BCUT2D eigenvalue weighted by Crippen LogP contribution is 2.33. The summed E-state index contributed by atoms with van der Waals surface area (Å²) in [6.45, 7) is 13.6. The lowest BCUT2D eigenvalue weighted by molar-refractivity contribution is 0.0758. The van der Waals surface area contributed by atoms with Crippen LogP contribution in [0.4, 0.5) is 0 Å². The number of nitrogens with two attached hydrogens (primary N) is 1. The molecule has 10 heteroatoms. The van der Waals surface area contributed by atoms with E-state index in [1.807, 2.05) is 31.1 Å². The molecule has 2 aromatic heterocycles. The van der Waals surface area contributed by atoms with E-state index >= 15 is 0 Å². The first-order valence-corrected chi connectivity index (χ1v) is 14.4. The summed E-state index contributed by atoms with van der Waals surface area (Å²) in [6, 6.07) is 5.73. The summed E-state index contributed by atoms with van der Waals surface area (Å²) in [5.41, 5.74) is 8.42. The van der Waals surface area contributed by atoms with Crippen LogP contribution < -0.4 is 10.5 Å². The van der Waals surface area contributed by atoms with Gasteiger partial charge in [0, 0.05) is 55.1 Å². The van der Waals surface area contributed by atoms with Crippen LogP contribution in [-0.2, 0) is 6.42 Å². The topological polar surface area (TPSA) is 102 Å². The first-order chi connectivity index (χ1) is 17.6. The first kappa shape index (κ1) is 27.2. The summed E-state index contributed by atoms with van der Waals surface area (Å²) in [7, 11) is 0. The molecule has 3 heterocycles. The van der Waals surface area contributed by atoms with Crippen molar-refractivity contribution < 1.29 is 14.3 Å². The quantitative estimate of drug-likeness (QED) is 0.447. The lowest BCUT2D eigenvalue weighted by Gasteiger charge is -2.24. The molecule has 1 saturated heterocycles. The predicted molar refractivity (Wildman–Crippen MR) is 149 cm³/mol. The van der Waals surface area contributed by atoms with Crippen molar-refractivity contribution in [3.05, 3.63) is 50.4 Å². The maximum absolute atomic E-state index is 13.3. The maximum Gasteiger partial charge on any atom is 0.282 e. The number of hydrogen-bond donors (Lipinski definition) is 1. The van der Waals surface area contributed by atoms with E-state index in [0.717, 1.165) is 59.4 Å². The molecule has 1 fully saturated rings. The minimum absolute atomic E-state index is 0.000785. The second-order valence-electron chi connectivity index (χ2n) is 9.87. The van der Waals surface area contributed by atoms with Gasteiger partial charge >= 0.3 is 0 Å². The second-order valence-corrected chi connectivity index (χ2v) is 11.8. The van der Waals surface area contributed by atoms with Gasteiger partial charge in [-0.3, -0.25) is 14.5 Å². The van der Waals surface area contributed by atoms with Crippen molar-refractivity contribution in [2.45, 2.75) is 59.6 Å². The molecule has 4 rings (SSSR count). The van der Waals surface area contributed by atoms with Gasteiger partial charge in [-0.05, 0) is 59.2 Å². The zero-order valence-electron chi connectivity index (χ0n) is 22.1. The van der Waals surface area contributed by atoms with Crippen molar-refractivity contribution in [3.8, 4) is 16.3 Å². The fourth-order valence-corrected chi connectivity index (χ4v) is 6.29. The molecule has 2 N–H and O–H groups in total. The Balaban J connectivity index is 1.52. The fraction of sp³-hybridized carbons (Fsp3) is 0.481. The molecule has 1 aromatic carbocycles. The SMILES string of the molecule is Cc1nc(C(=O)N2CCCN(C(C)C)CC2)sc1-c1csc(Cc2cc(C(N)=O)ccc2OC(C)C)n1. The van der Waals surface area contributed by atoms with Gasteiger partial charge in [-0.1, -0.05) is 0 Å². The molecule has 8 nitrogen and oxygen atoms in total. The van der Waals surface area contributed by atoms with Gasteiger partial charge in [0.2, 0.25) is 5.91 Å². The molecule has 3 aromatic rings. The molecule has 0 spiro atoms. The number of primary amides is 1. The Morgan fingerprint density at radius 1 is 1.11 bits per heavy atom. The zero-order chi connectivity index (χ0) is 26.7. The second kappa shape index (κ2) is 11.7. The highest BCUT2D eigenvalue weighted by molar-refractivity contribution is 7.17. The number of amides is 2. The van der Waals surface area contributed by atoms with Gasteiger partial charge in [0.1, 0.15) is 5.75 Å². The van der Waals surface area contributed by atoms with Crippen molar-refractivity contribution in [3.63, 3.8) is 0 Å². The predicted octanol–water partition coefficient (Wildman–Crippen LogP) is 4.61. The van der Waals surface area contributed by atoms with Crippen molar-refractivity contribution in [1.82, 2.24) is 19.8 Å². The van der Waals surface area contributed by atoms with Crippen LogP contribution in [0.3, 0.4) is 0 Å². The van der Waals surface area contributed by atoms with E-state index in [1.165, 1.54) is 22.7 Å². The molecule has 2 amide bonds. The number of aromatic nitrogens is 2. The third-order valence-corrected chi connectivity index (χ3v) is 8.38. The molecule has 0 atom stereocenters. The summed E-state index contributed by atoms with van der Waals surface area (Å²) < 4.78 is 5.95. The minimum Gasteiger partial charge on any atom is -0.491 e. The fourth-order valence-electron chi connectivity index (χ4n) is 4.42. The number of carbonyl (C=O) groups is 2. The van der Waals surface area contributed by atoms with Crippen LogP contribution in [0.25, 0.3) is 10.6 Å². The van der Waals surface area contributed by atoms with E-state index in [9.17, 15) is 9.59 Å². The lowest BCUT2D eigenvalue weighted by atomic mass is 10.1. The van der Waals surface area contributed by atoms with E-state index in [4.69, 9.17) is 15.5 Å². The normalized spacial score (nSPS) is 14.8. The molecule has 1 aliphatic rings. The molecular formula is C27H35N5O3S2. The number of carbonyl (C=O) groups excluding carboxylic acids is 2. The van der Waals surface area contributed by atoms with E-state index < -0.39 is 5.91 Å². The summed E-state index contributed by atoms with van der Waals surface area (Å²) in [4.78, 5) is 39.7. The summed E-state index contributed by atoms with van der Waals surface area (Å²) in [5.74, 6) is 0.238. The van der Waals surface area contributed by atoms with E-state index in [1.54, 1.807) is 18.2 Å². The third-order valence-electron chi connectivity index (χ3n) is 6.36. The van der Waals surface area contributed by atoms with Gasteiger partial charge in [0.25, 0.3) is 5.91 Å². The zero-order valence-corrected chi connectivity index (χ0v) is 23.7. The Hall–Kier alpha value is -2.82.